The molecule has 0 heterocycles. The molecule has 0 aliphatic rings. The molecule has 0 amide bonds. The molecule has 0 radical (unpaired) electrons. The number of rotatable bonds is 4. The van der Waals surface area contributed by atoms with Gasteiger partial charge in [0.15, 0.2) is 0 Å². The Hall–Kier alpha value is -0.920. The SMILES string of the molecule is O=[N+]([O-])c1ccc(Br)cc1CNc1c(Br)cccc1Br. The van der Waals surface area contributed by atoms with Crippen LogP contribution in [0.15, 0.2) is 49.8 Å². The molecule has 0 saturated carbocycles. The summed E-state index contributed by atoms with van der Waals surface area (Å²) in [7, 11) is 0. The Balaban J connectivity index is 2.27. The molecule has 2 aromatic rings. The minimum atomic E-state index is -0.376. The molecule has 1 N–H and O–H groups in total. The van der Waals surface area contributed by atoms with Gasteiger partial charge in [-0.25, -0.2) is 0 Å². The first-order valence-corrected chi connectivity index (χ1v) is 7.97. The molecule has 0 saturated heterocycles. The molecule has 20 heavy (non-hydrogen) atoms. The van der Waals surface area contributed by atoms with Gasteiger partial charge in [0.25, 0.3) is 5.69 Å². The number of hydrogen-bond donors (Lipinski definition) is 1. The van der Waals surface area contributed by atoms with Gasteiger partial charge >= 0.3 is 0 Å². The average molecular weight is 465 g/mol. The van der Waals surface area contributed by atoms with E-state index in [0.717, 1.165) is 19.1 Å². The van der Waals surface area contributed by atoms with Crippen molar-refractivity contribution in [2.24, 2.45) is 0 Å². The lowest BCUT2D eigenvalue weighted by molar-refractivity contribution is -0.385. The summed E-state index contributed by atoms with van der Waals surface area (Å²) in [5.74, 6) is 0. The van der Waals surface area contributed by atoms with Gasteiger partial charge < -0.3 is 5.32 Å². The predicted molar refractivity (Wildman–Crippen MR) is 90.0 cm³/mol. The summed E-state index contributed by atoms with van der Waals surface area (Å²) in [6, 6.07) is 10.6. The third kappa shape index (κ3) is 3.59. The molecule has 0 bridgehead atoms. The number of nitro benzene ring substituents is 1. The summed E-state index contributed by atoms with van der Waals surface area (Å²) < 4.78 is 2.60. The second-order valence-electron chi connectivity index (χ2n) is 3.98. The lowest BCUT2D eigenvalue weighted by atomic mass is 10.2. The Bertz CT molecular complexity index is 642. The molecule has 0 atom stereocenters. The molecule has 2 rings (SSSR count). The largest absolute Gasteiger partial charge is 0.379 e. The van der Waals surface area contributed by atoms with Crippen molar-refractivity contribution in [1.82, 2.24) is 0 Å². The number of nitro groups is 1. The van der Waals surface area contributed by atoms with Crippen molar-refractivity contribution in [3.63, 3.8) is 0 Å². The normalized spacial score (nSPS) is 10.3. The van der Waals surface area contributed by atoms with Crippen molar-refractivity contribution < 1.29 is 4.92 Å². The molecular formula is C13H9Br3N2O2. The van der Waals surface area contributed by atoms with E-state index in [1.165, 1.54) is 6.07 Å². The molecular weight excluding hydrogens is 456 g/mol. The lowest BCUT2D eigenvalue weighted by Gasteiger charge is -2.11. The molecule has 104 valence electrons. The van der Waals surface area contributed by atoms with Crippen LogP contribution in [0, 0.1) is 10.1 Å². The van der Waals surface area contributed by atoms with Crippen LogP contribution in [0.4, 0.5) is 11.4 Å². The highest BCUT2D eigenvalue weighted by Gasteiger charge is 2.14. The van der Waals surface area contributed by atoms with Gasteiger partial charge in [0, 0.05) is 31.6 Å². The fraction of sp³-hybridized carbons (Fsp3) is 0.0769. The van der Waals surface area contributed by atoms with Gasteiger partial charge in [-0.15, -0.1) is 0 Å². The standard InChI is InChI=1S/C13H9Br3N2O2/c14-9-4-5-12(18(19)20)8(6-9)7-17-13-10(15)2-1-3-11(13)16/h1-6,17H,7H2. The highest BCUT2D eigenvalue weighted by atomic mass is 79.9. The number of hydrogen-bond acceptors (Lipinski definition) is 3. The zero-order chi connectivity index (χ0) is 14.7. The maximum absolute atomic E-state index is 11.0. The number of halogens is 3. The minimum Gasteiger partial charge on any atom is -0.379 e. The van der Waals surface area contributed by atoms with Crippen molar-refractivity contribution >= 4 is 59.2 Å². The van der Waals surface area contributed by atoms with Crippen LogP contribution in [0.2, 0.25) is 0 Å². The molecule has 0 aromatic heterocycles. The first-order valence-electron chi connectivity index (χ1n) is 5.59. The third-order valence-corrected chi connectivity index (χ3v) is 4.47. The Labute approximate surface area is 141 Å². The maximum atomic E-state index is 11.0. The van der Waals surface area contributed by atoms with E-state index in [9.17, 15) is 10.1 Å². The Morgan fingerprint density at radius 2 is 1.75 bits per heavy atom. The van der Waals surface area contributed by atoms with Gasteiger partial charge in [0.1, 0.15) is 0 Å². The van der Waals surface area contributed by atoms with Crippen LogP contribution in [0.1, 0.15) is 5.56 Å². The zero-order valence-electron chi connectivity index (χ0n) is 10.1. The second kappa shape index (κ2) is 6.69. The topological polar surface area (TPSA) is 55.2 Å². The summed E-state index contributed by atoms with van der Waals surface area (Å²) in [6.45, 7) is 0.358. The summed E-state index contributed by atoms with van der Waals surface area (Å²) in [4.78, 5) is 10.6. The van der Waals surface area contributed by atoms with E-state index in [1.54, 1.807) is 12.1 Å². The van der Waals surface area contributed by atoms with E-state index in [1.807, 2.05) is 18.2 Å². The highest BCUT2D eigenvalue weighted by molar-refractivity contribution is 9.11. The van der Waals surface area contributed by atoms with E-state index < -0.39 is 0 Å². The molecule has 7 heteroatoms. The summed E-state index contributed by atoms with van der Waals surface area (Å²) >= 11 is 10.2. The van der Waals surface area contributed by atoms with E-state index in [4.69, 9.17) is 0 Å². The predicted octanol–water partition coefficient (Wildman–Crippen LogP) is 5.49. The zero-order valence-corrected chi connectivity index (χ0v) is 14.8. The molecule has 0 aliphatic carbocycles. The second-order valence-corrected chi connectivity index (χ2v) is 6.60. The summed E-state index contributed by atoms with van der Waals surface area (Å²) in [6.07, 6.45) is 0. The fourth-order valence-corrected chi connectivity index (χ4v) is 3.41. The highest BCUT2D eigenvalue weighted by Crippen LogP contribution is 2.32. The first-order chi connectivity index (χ1) is 9.49. The Morgan fingerprint density at radius 1 is 1.10 bits per heavy atom. The Morgan fingerprint density at radius 3 is 2.35 bits per heavy atom. The van der Waals surface area contributed by atoms with Gasteiger partial charge in [-0.05, 0) is 56.1 Å². The minimum absolute atomic E-state index is 0.101. The van der Waals surface area contributed by atoms with Crippen LogP contribution in [0.25, 0.3) is 0 Å². The quantitative estimate of drug-likeness (QED) is 0.480. The van der Waals surface area contributed by atoms with Crippen molar-refractivity contribution in [2.75, 3.05) is 5.32 Å². The van der Waals surface area contributed by atoms with E-state index >= 15 is 0 Å². The summed E-state index contributed by atoms with van der Waals surface area (Å²) in [5, 5.41) is 14.2. The molecule has 0 spiro atoms. The molecule has 2 aromatic carbocycles. The van der Waals surface area contributed by atoms with Crippen molar-refractivity contribution in [1.29, 1.82) is 0 Å². The third-order valence-electron chi connectivity index (χ3n) is 2.66. The Kier molecular flexibility index (Phi) is 5.17. The van der Waals surface area contributed by atoms with Crippen LogP contribution in [-0.4, -0.2) is 4.92 Å². The van der Waals surface area contributed by atoms with Gasteiger partial charge in [0.05, 0.1) is 10.6 Å². The first kappa shape index (κ1) is 15.5. The lowest BCUT2D eigenvalue weighted by Crippen LogP contribution is -2.04. The molecule has 0 fully saturated rings. The monoisotopic (exact) mass is 462 g/mol. The van der Waals surface area contributed by atoms with Crippen LogP contribution >= 0.6 is 47.8 Å². The fourth-order valence-electron chi connectivity index (χ4n) is 1.72. The van der Waals surface area contributed by atoms with Gasteiger partial charge in [-0.2, -0.15) is 0 Å². The number of para-hydroxylation sites is 1. The van der Waals surface area contributed by atoms with Crippen LogP contribution < -0.4 is 5.32 Å². The van der Waals surface area contributed by atoms with Crippen LogP contribution in [0.3, 0.4) is 0 Å². The van der Waals surface area contributed by atoms with Gasteiger partial charge in [0.2, 0.25) is 0 Å². The smallest absolute Gasteiger partial charge is 0.274 e. The van der Waals surface area contributed by atoms with Crippen molar-refractivity contribution in [3.05, 3.63) is 65.5 Å². The van der Waals surface area contributed by atoms with Crippen LogP contribution in [-0.2, 0) is 6.54 Å². The van der Waals surface area contributed by atoms with Gasteiger partial charge in [-0.3, -0.25) is 10.1 Å². The molecule has 0 aliphatic heterocycles. The molecule has 0 unspecified atom stereocenters. The van der Waals surface area contributed by atoms with Crippen LogP contribution in [0.5, 0.6) is 0 Å². The number of anilines is 1. The summed E-state index contributed by atoms with van der Waals surface area (Å²) in [5.41, 5.74) is 1.58. The molecule has 4 nitrogen and oxygen atoms in total. The van der Waals surface area contributed by atoms with Crippen molar-refractivity contribution in [2.45, 2.75) is 6.54 Å². The number of benzene rings is 2. The van der Waals surface area contributed by atoms with E-state index in [0.29, 0.717) is 12.1 Å². The number of nitrogens with one attached hydrogen (secondary N) is 1. The van der Waals surface area contributed by atoms with E-state index in [2.05, 4.69) is 53.1 Å². The number of nitrogens with zero attached hydrogens (tertiary/aromatic N) is 1. The maximum Gasteiger partial charge on any atom is 0.274 e. The van der Waals surface area contributed by atoms with E-state index in [-0.39, 0.29) is 10.6 Å². The average Bonchev–Trinajstić information content (AvgIpc) is 2.37. The van der Waals surface area contributed by atoms with Gasteiger partial charge in [-0.1, -0.05) is 22.0 Å². The van der Waals surface area contributed by atoms with Crippen molar-refractivity contribution in [3.8, 4) is 0 Å².